The largest absolute Gasteiger partial charge is 0.493 e. The van der Waals surface area contributed by atoms with E-state index in [-0.39, 0.29) is 23.2 Å². The maximum atomic E-state index is 13.4. The van der Waals surface area contributed by atoms with E-state index in [1.54, 1.807) is 57.7 Å². The molecule has 0 spiro atoms. The van der Waals surface area contributed by atoms with E-state index in [0.29, 0.717) is 52.6 Å². The highest BCUT2D eigenvalue weighted by Gasteiger charge is 2.29. The summed E-state index contributed by atoms with van der Waals surface area (Å²) in [6.45, 7) is 2.97. The Bertz CT molecular complexity index is 1420. The molecule has 0 saturated carbocycles. The standard InChI is InChI=1S/C29H30N2O6/c1-16(32)18-6-9-20(10-7-18)31-24-13-11-21-22(15-25(24)34)23(30-17(2)33)12-8-19-14-26(35-3)28(36-4)29(37-5)27(19)21/h6-7,9-11,13-15,23H,8,12H2,1-5H3,(H,30,33)(H,31,34). The van der Waals surface area contributed by atoms with Crippen LogP contribution in [0.1, 0.15) is 47.8 Å². The second kappa shape index (κ2) is 10.7. The molecule has 1 atom stereocenters. The summed E-state index contributed by atoms with van der Waals surface area (Å²) in [7, 11) is 4.68. The highest BCUT2D eigenvalue weighted by Crippen LogP contribution is 2.50. The van der Waals surface area contributed by atoms with E-state index < -0.39 is 0 Å². The average molecular weight is 503 g/mol. The van der Waals surface area contributed by atoms with Crippen LogP contribution in [0.3, 0.4) is 0 Å². The number of nitrogens with one attached hydrogen (secondary N) is 2. The van der Waals surface area contributed by atoms with E-state index in [0.717, 1.165) is 16.7 Å². The minimum Gasteiger partial charge on any atom is -0.493 e. The molecule has 1 unspecified atom stereocenters. The van der Waals surface area contributed by atoms with Crippen molar-refractivity contribution in [2.24, 2.45) is 0 Å². The third-order valence-electron chi connectivity index (χ3n) is 6.49. The van der Waals surface area contributed by atoms with E-state index in [1.165, 1.54) is 13.8 Å². The normalized spacial score (nSPS) is 13.9. The number of hydrogen-bond acceptors (Lipinski definition) is 7. The van der Waals surface area contributed by atoms with Crippen LogP contribution < -0.4 is 30.3 Å². The first-order chi connectivity index (χ1) is 17.8. The average Bonchev–Trinajstić information content (AvgIpc) is 3.12. The molecule has 4 rings (SSSR count). The Morgan fingerprint density at radius 1 is 0.892 bits per heavy atom. The second-order valence-corrected chi connectivity index (χ2v) is 8.85. The van der Waals surface area contributed by atoms with Gasteiger partial charge in [0.25, 0.3) is 0 Å². The molecule has 3 aromatic rings. The third kappa shape index (κ3) is 5.14. The van der Waals surface area contributed by atoms with Gasteiger partial charge in [-0.1, -0.05) is 6.07 Å². The maximum Gasteiger partial charge on any atom is 0.217 e. The lowest BCUT2D eigenvalue weighted by Crippen LogP contribution is -2.26. The topological polar surface area (TPSA) is 103 Å². The third-order valence-corrected chi connectivity index (χ3v) is 6.49. The van der Waals surface area contributed by atoms with Crippen molar-refractivity contribution in [3.63, 3.8) is 0 Å². The Morgan fingerprint density at radius 2 is 1.59 bits per heavy atom. The summed E-state index contributed by atoms with van der Waals surface area (Å²) in [5.74, 6) is 1.26. The quantitative estimate of drug-likeness (QED) is 0.447. The zero-order chi connectivity index (χ0) is 26.7. The van der Waals surface area contributed by atoms with E-state index in [4.69, 9.17) is 14.2 Å². The lowest BCUT2D eigenvalue weighted by atomic mass is 9.95. The maximum absolute atomic E-state index is 13.4. The van der Waals surface area contributed by atoms with Gasteiger partial charge in [-0.2, -0.15) is 0 Å². The van der Waals surface area contributed by atoms with Gasteiger partial charge in [-0.3, -0.25) is 14.4 Å². The van der Waals surface area contributed by atoms with Crippen molar-refractivity contribution in [2.75, 3.05) is 26.6 Å². The minimum absolute atomic E-state index is 0.0328. The predicted molar refractivity (Wildman–Crippen MR) is 142 cm³/mol. The zero-order valence-corrected chi connectivity index (χ0v) is 21.6. The molecule has 8 nitrogen and oxygen atoms in total. The summed E-state index contributed by atoms with van der Waals surface area (Å²) in [4.78, 5) is 37.1. The smallest absolute Gasteiger partial charge is 0.217 e. The number of amides is 1. The monoisotopic (exact) mass is 502 g/mol. The Morgan fingerprint density at radius 3 is 2.19 bits per heavy atom. The van der Waals surface area contributed by atoms with Crippen LogP contribution in [-0.2, 0) is 11.2 Å². The van der Waals surface area contributed by atoms with Gasteiger partial charge in [0.1, 0.15) is 0 Å². The molecule has 192 valence electrons. The number of rotatable bonds is 7. The van der Waals surface area contributed by atoms with E-state index >= 15 is 0 Å². The van der Waals surface area contributed by atoms with Gasteiger partial charge in [0.15, 0.2) is 17.3 Å². The number of ether oxygens (including phenoxy) is 3. The van der Waals surface area contributed by atoms with Crippen LogP contribution in [0.4, 0.5) is 11.4 Å². The van der Waals surface area contributed by atoms with Gasteiger partial charge < -0.3 is 24.8 Å². The molecule has 8 heteroatoms. The summed E-state index contributed by atoms with van der Waals surface area (Å²) in [5, 5.41) is 6.16. The molecular weight excluding hydrogens is 472 g/mol. The zero-order valence-electron chi connectivity index (χ0n) is 21.6. The number of benzene rings is 2. The van der Waals surface area contributed by atoms with Crippen molar-refractivity contribution in [3.05, 3.63) is 75.4 Å². The van der Waals surface area contributed by atoms with E-state index in [9.17, 15) is 14.4 Å². The van der Waals surface area contributed by atoms with Gasteiger partial charge in [-0.05, 0) is 78.9 Å². The Kier molecular flexibility index (Phi) is 7.47. The first-order valence-corrected chi connectivity index (χ1v) is 11.9. The summed E-state index contributed by atoms with van der Waals surface area (Å²) < 4.78 is 17.0. The summed E-state index contributed by atoms with van der Waals surface area (Å²) in [6.07, 6.45) is 1.20. The molecule has 1 aliphatic rings. The second-order valence-electron chi connectivity index (χ2n) is 8.85. The van der Waals surface area contributed by atoms with E-state index in [1.807, 2.05) is 12.1 Å². The van der Waals surface area contributed by atoms with Crippen molar-refractivity contribution in [1.29, 1.82) is 0 Å². The molecule has 0 aromatic heterocycles. The Labute approximate surface area is 215 Å². The van der Waals surface area contributed by atoms with Crippen molar-refractivity contribution in [1.82, 2.24) is 5.32 Å². The SMILES string of the molecule is COc1cc2c(c(OC)c1OC)-c1ccc(Nc3ccc(C(C)=O)cc3)c(=O)cc1C(NC(C)=O)CC2. The van der Waals surface area contributed by atoms with Gasteiger partial charge >= 0.3 is 0 Å². The van der Waals surface area contributed by atoms with Crippen LogP contribution in [-0.4, -0.2) is 33.0 Å². The van der Waals surface area contributed by atoms with Crippen LogP contribution >= 0.6 is 0 Å². The van der Waals surface area contributed by atoms with Crippen LogP contribution in [0.2, 0.25) is 0 Å². The van der Waals surface area contributed by atoms with E-state index in [2.05, 4.69) is 10.6 Å². The molecule has 2 N–H and O–H groups in total. The number of carbonyl (C=O) groups is 2. The first kappa shape index (κ1) is 25.8. The first-order valence-electron chi connectivity index (χ1n) is 11.9. The van der Waals surface area contributed by atoms with Crippen molar-refractivity contribution in [2.45, 2.75) is 32.7 Å². The predicted octanol–water partition coefficient (Wildman–Crippen LogP) is 4.81. The molecular formula is C29H30N2O6. The Balaban J connectivity index is 1.93. The number of anilines is 2. The molecule has 0 saturated heterocycles. The molecule has 3 aromatic carbocycles. The molecule has 0 radical (unpaired) electrons. The lowest BCUT2D eigenvalue weighted by molar-refractivity contribution is -0.119. The number of methoxy groups -OCH3 is 3. The van der Waals surface area contributed by atoms with Crippen molar-refractivity contribution in [3.8, 4) is 28.4 Å². The lowest BCUT2D eigenvalue weighted by Gasteiger charge is -2.19. The summed E-state index contributed by atoms with van der Waals surface area (Å²) in [6, 6.07) is 13.6. The van der Waals surface area contributed by atoms with Crippen LogP contribution in [0.25, 0.3) is 11.1 Å². The van der Waals surface area contributed by atoms with Crippen molar-refractivity contribution < 1.29 is 23.8 Å². The fraction of sp³-hybridized carbons (Fsp3) is 0.276. The molecule has 0 bridgehead atoms. The Hall–Kier alpha value is -4.33. The number of hydrogen-bond donors (Lipinski definition) is 2. The molecule has 1 aliphatic carbocycles. The fourth-order valence-electron chi connectivity index (χ4n) is 4.75. The van der Waals surface area contributed by atoms with Crippen molar-refractivity contribution >= 4 is 23.1 Å². The van der Waals surface area contributed by atoms with Gasteiger partial charge in [0.05, 0.1) is 33.1 Å². The van der Waals surface area contributed by atoms with Gasteiger partial charge in [0, 0.05) is 23.7 Å². The molecule has 0 aliphatic heterocycles. The highest BCUT2D eigenvalue weighted by atomic mass is 16.5. The highest BCUT2D eigenvalue weighted by molar-refractivity contribution is 5.94. The minimum atomic E-state index is -0.385. The molecule has 37 heavy (non-hydrogen) atoms. The van der Waals surface area contributed by atoms with Crippen LogP contribution in [0, 0.1) is 0 Å². The van der Waals surface area contributed by atoms with Gasteiger partial charge in [0.2, 0.25) is 17.1 Å². The fourth-order valence-corrected chi connectivity index (χ4v) is 4.75. The van der Waals surface area contributed by atoms with Gasteiger partial charge in [-0.25, -0.2) is 0 Å². The number of aryl methyl sites for hydroxylation is 1. The summed E-state index contributed by atoms with van der Waals surface area (Å²) >= 11 is 0. The number of Topliss-reactive ketones (excluding diaryl/α,β-unsaturated/α-hetero) is 1. The van der Waals surface area contributed by atoms with Crippen LogP contribution in [0.5, 0.6) is 17.2 Å². The molecule has 0 heterocycles. The number of carbonyl (C=O) groups excluding carboxylic acids is 2. The number of ketones is 1. The molecule has 1 amide bonds. The molecule has 0 fully saturated rings. The van der Waals surface area contributed by atoms with Gasteiger partial charge in [-0.15, -0.1) is 0 Å². The van der Waals surface area contributed by atoms with Crippen LogP contribution in [0.15, 0.2) is 53.3 Å². The summed E-state index contributed by atoms with van der Waals surface area (Å²) in [5.41, 5.74) is 4.55. The number of fused-ring (bicyclic) bond motifs is 3.